The summed E-state index contributed by atoms with van der Waals surface area (Å²) in [5, 5.41) is 3.20. The maximum Gasteiger partial charge on any atom is 0.242 e. The van der Waals surface area contributed by atoms with Gasteiger partial charge in [-0.05, 0) is 43.9 Å². The average Bonchev–Trinajstić information content (AvgIpc) is 2.52. The third-order valence-electron chi connectivity index (χ3n) is 3.77. The molecule has 0 unspecified atom stereocenters. The lowest BCUT2D eigenvalue weighted by molar-refractivity contribution is 0.149. The predicted octanol–water partition coefficient (Wildman–Crippen LogP) is 4.28. The number of halogens is 1. The molecule has 1 saturated carbocycles. The third kappa shape index (κ3) is 3.68. The van der Waals surface area contributed by atoms with Crippen LogP contribution in [-0.4, -0.2) is 16.1 Å². The van der Waals surface area contributed by atoms with Gasteiger partial charge in [0.25, 0.3) is 0 Å². The second kappa shape index (κ2) is 6.96. The fourth-order valence-corrected chi connectivity index (χ4v) is 3.02. The number of nitrogens with two attached hydrogens (primary N) is 1. The molecule has 1 aromatic carbocycles. The highest BCUT2D eigenvalue weighted by molar-refractivity contribution is 9.10. The van der Waals surface area contributed by atoms with E-state index >= 15 is 0 Å². The van der Waals surface area contributed by atoms with Crippen LogP contribution in [0.2, 0.25) is 0 Å². The summed E-state index contributed by atoms with van der Waals surface area (Å²) in [6.07, 6.45) is 7.53. The van der Waals surface area contributed by atoms with Crippen LogP contribution in [0.4, 0.5) is 17.2 Å². The second-order valence-electron chi connectivity index (χ2n) is 5.45. The van der Waals surface area contributed by atoms with Crippen molar-refractivity contribution in [3.05, 3.63) is 35.1 Å². The summed E-state index contributed by atoms with van der Waals surface area (Å²) < 4.78 is 6.95. The highest BCUT2D eigenvalue weighted by atomic mass is 79.9. The largest absolute Gasteiger partial charge is 0.473 e. The number of hydrogen-bond acceptors (Lipinski definition) is 5. The van der Waals surface area contributed by atoms with Gasteiger partial charge in [-0.15, -0.1) is 0 Å². The summed E-state index contributed by atoms with van der Waals surface area (Å²) in [7, 11) is 0. The van der Waals surface area contributed by atoms with Crippen LogP contribution in [0.25, 0.3) is 0 Å². The van der Waals surface area contributed by atoms with Crippen LogP contribution in [0, 0.1) is 0 Å². The highest BCUT2D eigenvalue weighted by Crippen LogP contribution is 2.31. The maximum atomic E-state index is 6.16. The minimum atomic E-state index is 0.213. The lowest BCUT2D eigenvalue weighted by Gasteiger charge is -2.23. The van der Waals surface area contributed by atoms with Gasteiger partial charge in [-0.2, -0.15) is 4.98 Å². The first-order valence-electron chi connectivity index (χ1n) is 7.52. The van der Waals surface area contributed by atoms with Crippen molar-refractivity contribution in [2.75, 3.05) is 11.1 Å². The van der Waals surface area contributed by atoms with Gasteiger partial charge in [0.15, 0.2) is 5.82 Å². The van der Waals surface area contributed by atoms with Crippen molar-refractivity contribution >= 4 is 33.1 Å². The van der Waals surface area contributed by atoms with Gasteiger partial charge in [-0.1, -0.05) is 28.4 Å². The normalized spacial score (nSPS) is 15.5. The van der Waals surface area contributed by atoms with Crippen molar-refractivity contribution in [1.82, 2.24) is 9.97 Å². The van der Waals surface area contributed by atoms with Crippen LogP contribution in [-0.2, 0) is 0 Å². The summed E-state index contributed by atoms with van der Waals surface area (Å²) in [5.41, 5.74) is 7.52. The van der Waals surface area contributed by atoms with Crippen LogP contribution >= 0.6 is 15.9 Å². The van der Waals surface area contributed by atoms with Gasteiger partial charge in [0.05, 0.1) is 0 Å². The van der Waals surface area contributed by atoms with E-state index in [4.69, 9.17) is 10.5 Å². The number of rotatable bonds is 4. The van der Waals surface area contributed by atoms with Crippen molar-refractivity contribution in [3.8, 4) is 5.88 Å². The average molecular weight is 363 g/mol. The summed E-state index contributed by atoms with van der Waals surface area (Å²) in [6, 6.07) is 7.83. The highest BCUT2D eigenvalue weighted by Gasteiger charge is 2.18. The van der Waals surface area contributed by atoms with Gasteiger partial charge in [0.2, 0.25) is 5.88 Å². The molecular weight excluding hydrogens is 344 g/mol. The van der Waals surface area contributed by atoms with Gasteiger partial charge >= 0.3 is 0 Å². The minimum absolute atomic E-state index is 0.213. The first kappa shape index (κ1) is 15.1. The predicted molar refractivity (Wildman–Crippen MR) is 91.4 cm³/mol. The zero-order chi connectivity index (χ0) is 15.4. The molecule has 22 heavy (non-hydrogen) atoms. The van der Waals surface area contributed by atoms with E-state index in [2.05, 4.69) is 31.2 Å². The van der Waals surface area contributed by atoms with Gasteiger partial charge in [0, 0.05) is 10.2 Å². The van der Waals surface area contributed by atoms with Gasteiger partial charge in [-0.3, -0.25) is 0 Å². The van der Waals surface area contributed by atoms with Gasteiger partial charge in [-0.25, -0.2) is 4.98 Å². The van der Waals surface area contributed by atoms with Crippen molar-refractivity contribution in [1.29, 1.82) is 0 Å². The molecule has 0 atom stereocenters. The second-order valence-corrected chi connectivity index (χ2v) is 6.37. The molecule has 6 heteroatoms. The lowest BCUT2D eigenvalue weighted by atomic mass is 9.98. The van der Waals surface area contributed by atoms with Crippen LogP contribution in [0.3, 0.4) is 0 Å². The lowest BCUT2D eigenvalue weighted by Crippen LogP contribution is -2.21. The van der Waals surface area contributed by atoms with Crippen molar-refractivity contribution in [2.45, 2.75) is 38.2 Å². The number of nitrogens with zero attached hydrogens (tertiary/aromatic N) is 2. The number of hydrogen-bond donors (Lipinski definition) is 2. The molecular formula is C16H19BrN4O. The van der Waals surface area contributed by atoms with E-state index in [9.17, 15) is 0 Å². The first-order valence-corrected chi connectivity index (χ1v) is 8.31. The summed E-state index contributed by atoms with van der Waals surface area (Å²) in [6.45, 7) is 0. The monoisotopic (exact) mass is 362 g/mol. The van der Waals surface area contributed by atoms with Crippen LogP contribution < -0.4 is 15.8 Å². The van der Waals surface area contributed by atoms with Crippen molar-refractivity contribution in [3.63, 3.8) is 0 Å². The number of nitrogen functional groups attached to an aromatic ring is 1. The Morgan fingerprint density at radius 1 is 1.18 bits per heavy atom. The number of nitrogens with one attached hydrogen (secondary N) is 1. The van der Waals surface area contributed by atoms with Crippen LogP contribution in [0.15, 0.2) is 35.1 Å². The number of ether oxygens (including phenoxy) is 1. The molecule has 0 bridgehead atoms. The van der Waals surface area contributed by atoms with E-state index in [0.29, 0.717) is 17.4 Å². The molecule has 5 nitrogen and oxygen atoms in total. The summed E-state index contributed by atoms with van der Waals surface area (Å²) >= 11 is 3.45. The van der Waals surface area contributed by atoms with E-state index in [1.807, 2.05) is 24.3 Å². The zero-order valence-electron chi connectivity index (χ0n) is 12.3. The fourth-order valence-electron chi connectivity index (χ4n) is 2.62. The van der Waals surface area contributed by atoms with Crippen molar-refractivity contribution < 1.29 is 4.74 Å². The van der Waals surface area contributed by atoms with Gasteiger partial charge < -0.3 is 15.8 Å². The standard InChI is InChI=1S/C16H19BrN4O/c17-11-5-4-6-12(9-11)21-15-14(18)16(20-10-19-15)22-13-7-2-1-3-8-13/h4-6,9-10,13H,1-3,7-8,18H2,(H,19,20,21). The van der Waals surface area contributed by atoms with Crippen LogP contribution in [0.5, 0.6) is 5.88 Å². The van der Waals surface area contributed by atoms with Gasteiger partial charge in [0.1, 0.15) is 18.1 Å². The molecule has 0 saturated heterocycles. The van der Waals surface area contributed by atoms with E-state index < -0.39 is 0 Å². The Morgan fingerprint density at radius 2 is 2.00 bits per heavy atom. The number of anilines is 3. The Bertz CT molecular complexity index is 644. The Labute approximate surface area is 138 Å². The Balaban J connectivity index is 1.76. The first-order chi connectivity index (χ1) is 10.7. The molecule has 1 heterocycles. The molecule has 0 spiro atoms. The SMILES string of the molecule is Nc1c(Nc2cccc(Br)c2)ncnc1OC1CCCCC1. The van der Waals surface area contributed by atoms with E-state index in [1.54, 1.807) is 0 Å². The maximum absolute atomic E-state index is 6.16. The molecule has 116 valence electrons. The molecule has 1 fully saturated rings. The van der Waals surface area contributed by atoms with E-state index in [-0.39, 0.29) is 6.10 Å². The number of benzene rings is 1. The Kier molecular flexibility index (Phi) is 4.77. The Hall–Kier alpha value is -1.82. The van der Waals surface area contributed by atoms with E-state index in [0.717, 1.165) is 23.0 Å². The zero-order valence-corrected chi connectivity index (χ0v) is 13.8. The molecule has 1 aliphatic carbocycles. The third-order valence-corrected chi connectivity index (χ3v) is 4.26. The number of aromatic nitrogens is 2. The smallest absolute Gasteiger partial charge is 0.242 e. The van der Waals surface area contributed by atoms with Crippen molar-refractivity contribution in [2.24, 2.45) is 0 Å². The quantitative estimate of drug-likeness (QED) is 0.848. The molecule has 0 aliphatic heterocycles. The summed E-state index contributed by atoms with van der Waals surface area (Å²) in [5.74, 6) is 1.04. The molecule has 2 aromatic rings. The molecule has 1 aromatic heterocycles. The summed E-state index contributed by atoms with van der Waals surface area (Å²) in [4.78, 5) is 8.40. The molecule has 0 amide bonds. The molecule has 1 aliphatic rings. The molecule has 0 radical (unpaired) electrons. The van der Waals surface area contributed by atoms with Crippen LogP contribution in [0.1, 0.15) is 32.1 Å². The van der Waals surface area contributed by atoms with E-state index in [1.165, 1.54) is 25.6 Å². The molecule has 3 rings (SSSR count). The Morgan fingerprint density at radius 3 is 2.77 bits per heavy atom. The fraction of sp³-hybridized carbons (Fsp3) is 0.375. The topological polar surface area (TPSA) is 73.1 Å². The minimum Gasteiger partial charge on any atom is -0.473 e. The molecule has 3 N–H and O–H groups in total.